The molecule has 1 aliphatic heterocycles. The van der Waals surface area contributed by atoms with Crippen molar-refractivity contribution in [3.05, 3.63) is 24.2 Å². The van der Waals surface area contributed by atoms with E-state index < -0.39 is 0 Å². The molecule has 0 atom stereocenters. The fourth-order valence-corrected chi connectivity index (χ4v) is 2.22. The second-order valence-electron chi connectivity index (χ2n) is 4.99. The van der Waals surface area contributed by atoms with E-state index in [0.717, 1.165) is 49.1 Å². The van der Waals surface area contributed by atoms with Gasteiger partial charge < -0.3 is 9.80 Å². The summed E-state index contributed by atoms with van der Waals surface area (Å²) in [7, 11) is 2.14. The Hall–Kier alpha value is -1.95. The summed E-state index contributed by atoms with van der Waals surface area (Å²) in [6.07, 6.45) is 3.59. The predicted octanol–water partition coefficient (Wildman–Crippen LogP) is 0.927. The van der Waals surface area contributed by atoms with Crippen molar-refractivity contribution in [2.24, 2.45) is 0 Å². The lowest BCUT2D eigenvalue weighted by Gasteiger charge is -2.33. The zero-order chi connectivity index (χ0) is 13.2. The molecule has 0 amide bonds. The van der Waals surface area contributed by atoms with E-state index >= 15 is 0 Å². The maximum atomic E-state index is 4.67. The lowest BCUT2D eigenvalue weighted by molar-refractivity contribution is 0.312. The number of hydrogen-bond donors (Lipinski definition) is 1. The van der Waals surface area contributed by atoms with Gasteiger partial charge in [-0.3, -0.25) is 10.1 Å². The molecule has 0 bridgehead atoms. The van der Waals surface area contributed by atoms with Gasteiger partial charge in [-0.1, -0.05) is 0 Å². The van der Waals surface area contributed by atoms with E-state index in [9.17, 15) is 0 Å². The Balaban J connectivity index is 1.84. The van der Waals surface area contributed by atoms with Crippen LogP contribution in [0.2, 0.25) is 0 Å². The summed E-state index contributed by atoms with van der Waals surface area (Å²) in [5.41, 5.74) is 2.70. The van der Waals surface area contributed by atoms with E-state index in [1.54, 1.807) is 6.20 Å². The Kier molecular flexibility index (Phi) is 3.16. The molecule has 3 rings (SSSR count). The van der Waals surface area contributed by atoms with Crippen LogP contribution in [0.15, 0.2) is 18.5 Å². The highest BCUT2D eigenvalue weighted by Gasteiger charge is 2.16. The number of nitrogens with one attached hydrogen (secondary N) is 1. The first-order valence-corrected chi connectivity index (χ1v) is 6.50. The van der Waals surface area contributed by atoms with Crippen LogP contribution in [0, 0.1) is 6.92 Å². The van der Waals surface area contributed by atoms with E-state index in [2.05, 4.69) is 37.0 Å². The van der Waals surface area contributed by atoms with Gasteiger partial charge in [0, 0.05) is 31.9 Å². The van der Waals surface area contributed by atoms with Gasteiger partial charge in [-0.25, -0.2) is 4.98 Å². The smallest absolute Gasteiger partial charge is 0.147 e. The van der Waals surface area contributed by atoms with Crippen LogP contribution >= 0.6 is 0 Å². The summed E-state index contributed by atoms with van der Waals surface area (Å²) >= 11 is 0. The van der Waals surface area contributed by atoms with Crippen molar-refractivity contribution < 1.29 is 0 Å². The Morgan fingerprint density at radius 1 is 1.11 bits per heavy atom. The monoisotopic (exact) mass is 258 g/mol. The van der Waals surface area contributed by atoms with Crippen LogP contribution in [0.25, 0.3) is 11.4 Å². The van der Waals surface area contributed by atoms with Crippen molar-refractivity contribution in [3.8, 4) is 11.4 Å². The zero-order valence-corrected chi connectivity index (χ0v) is 11.3. The van der Waals surface area contributed by atoms with Crippen LogP contribution in [0.4, 0.5) is 5.82 Å². The summed E-state index contributed by atoms with van der Waals surface area (Å²) in [4.78, 5) is 13.6. The highest BCUT2D eigenvalue weighted by Crippen LogP contribution is 2.18. The molecule has 100 valence electrons. The maximum Gasteiger partial charge on any atom is 0.147 e. The lowest BCUT2D eigenvalue weighted by atomic mass is 10.3. The standard InChI is InChI=1S/C13H18N6/c1-10-7-11(17-16-10)12-8-14-9-13(15-12)19-5-3-18(2)4-6-19/h7-9H,3-6H2,1-2H3,(H,16,17). The molecular weight excluding hydrogens is 240 g/mol. The topological polar surface area (TPSA) is 60.9 Å². The summed E-state index contributed by atoms with van der Waals surface area (Å²) in [5, 5.41) is 7.16. The maximum absolute atomic E-state index is 4.67. The van der Waals surface area contributed by atoms with Gasteiger partial charge in [-0.05, 0) is 20.0 Å². The minimum Gasteiger partial charge on any atom is -0.353 e. The van der Waals surface area contributed by atoms with E-state index in [4.69, 9.17) is 0 Å². The van der Waals surface area contributed by atoms with Gasteiger partial charge in [0.1, 0.15) is 17.2 Å². The molecule has 0 radical (unpaired) electrons. The van der Waals surface area contributed by atoms with Crippen molar-refractivity contribution in [2.45, 2.75) is 6.92 Å². The number of rotatable bonds is 2. The number of nitrogens with zero attached hydrogens (tertiary/aromatic N) is 5. The highest BCUT2D eigenvalue weighted by atomic mass is 15.3. The van der Waals surface area contributed by atoms with Gasteiger partial charge >= 0.3 is 0 Å². The Labute approximate surface area is 112 Å². The first-order chi connectivity index (χ1) is 9.22. The molecule has 1 N–H and O–H groups in total. The first-order valence-electron chi connectivity index (χ1n) is 6.50. The Morgan fingerprint density at radius 2 is 1.89 bits per heavy atom. The predicted molar refractivity (Wildman–Crippen MR) is 74.1 cm³/mol. The van der Waals surface area contributed by atoms with E-state index in [1.165, 1.54) is 0 Å². The molecule has 6 heteroatoms. The molecule has 2 aromatic heterocycles. The molecule has 0 unspecified atom stereocenters. The van der Waals surface area contributed by atoms with Crippen LogP contribution in [-0.2, 0) is 0 Å². The van der Waals surface area contributed by atoms with Gasteiger partial charge in [0.15, 0.2) is 0 Å². The summed E-state index contributed by atoms with van der Waals surface area (Å²) in [5.74, 6) is 0.936. The number of aryl methyl sites for hydroxylation is 1. The van der Waals surface area contributed by atoms with Gasteiger partial charge in [-0.15, -0.1) is 0 Å². The molecule has 0 spiro atoms. The molecular formula is C13H18N6. The SMILES string of the molecule is Cc1cc(-c2cncc(N3CCN(C)CC3)n2)n[nH]1. The highest BCUT2D eigenvalue weighted by molar-refractivity contribution is 5.56. The van der Waals surface area contributed by atoms with Gasteiger partial charge in [0.05, 0.1) is 12.4 Å². The van der Waals surface area contributed by atoms with Crippen molar-refractivity contribution in [1.29, 1.82) is 0 Å². The number of H-pyrrole nitrogens is 1. The third-order valence-electron chi connectivity index (χ3n) is 3.42. The number of likely N-dealkylation sites (N-methyl/N-ethyl adjacent to an activating group) is 1. The number of aromatic amines is 1. The summed E-state index contributed by atoms with van der Waals surface area (Å²) < 4.78 is 0. The Bertz CT molecular complexity index is 556. The van der Waals surface area contributed by atoms with Crippen LogP contribution in [0.5, 0.6) is 0 Å². The van der Waals surface area contributed by atoms with Crippen molar-refractivity contribution in [3.63, 3.8) is 0 Å². The van der Waals surface area contributed by atoms with Crippen molar-refractivity contribution >= 4 is 5.82 Å². The molecule has 0 aromatic carbocycles. The molecule has 0 aliphatic carbocycles. The first kappa shape index (κ1) is 12.1. The molecule has 1 aliphatic rings. The van der Waals surface area contributed by atoms with Crippen LogP contribution in [0.3, 0.4) is 0 Å². The fourth-order valence-electron chi connectivity index (χ4n) is 2.22. The second-order valence-corrected chi connectivity index (χ2v) is 4.99. The average molecular weight is 258 g/mol. The summed E-state index contributed by atoms with van der Waals surface area (Å²) in [6.45, 7) is 6.09. The fraction of sp³-hybridized carbons (Fsp3) is 0.462. The number of anilines is 1. The minimum absolute atomic E-state index is 0.820. The number of piperazine rings is 1. The quantitative estimate of drug-likeness (QED) is 0.868. The largest absolute Gasteiger partial charge is 0.353 e. The van der Waals surface area contributed by atoms with Crippen molar-refractivity contribution in [1.82, 2.24) is 25.1 Å². The third-order valence-corrected chi connectivity index (χ3v) is 3.42. The van der Waals surface area contributed by atoms with E-state index in [0.29, 0.717) is 0 Å². The Morgan fingerprint density at radius 3 is 2.58 bits per heavy atom. The van der Waals surface area contributed by atoms with E-state index in [1.807, 2.05) is 19.2 Å². The van der Waals surface area contributed by atoms with Gasteiger partial charge in [0.2, 0.25) is 0 Å². The molecule has 1 fully saturated rings. The minimum atomic E-state index is 0.820. The summed E-state index contributed by atoms with van der Waals surface area (Å²) in [6, 6.07) is 1.98. The normalized spacial score (nSPS) is 16.8. The third kappa shape index (κ3) is 2.58. The van der Waals surface area contributed by atoms with Gasteiger partial charge in [-0.2, -0.15) is 5.10 Å². The number of hydrogen-bond acceptors (Lipinski definition) is 5. The molecule has 3 heterocycles. The molecule has 0 saturated carbocycles. The van der Waals surface area contributed by atoms with Crippen LogP contribution in [-0.4, -0.2) is 58.3 Å². The van der Waals surface area contributed by atoms with Crippen LogP contribution in [0.1, 0.15) is 5.69 Å². The molecule has 6 nitrogen and oxygen atoms in total. The molecule has 1 saturated heterocycles. The molecule has 2 aromatic rings. The number of aromatic nitrogens is 4. The zero-order valence-electron chi connectivity index (χ0n) is 11.3. The van der Waals surface area contributed by atoms with Crippen LogP contribution < -0.4 is 4.90 Å². The average Bonchev–Trinajstić information content (AvgIpc) is 2.86. The van der Waals surface area contributed by atoms with Gasteiger partial charge in [0.25, 0.3) is 0 Å². The lowest BCUT2D eigenvalue weighted by Crippen LogP contribution is -2.44. The van der Waals surface area contributed by atoms with E-state index in [-0.39, 0.29) is 0 Å². The second kappa shape index (κ2) is 4.97. The molecule has 19 heavy (non-hydrogen) atoms. The van der Waals surface area contributed by atoms with Crippen molar-refractivity contribution in [2.75, 3.05) is 38.1 Å².